The van der Waals surface area contributed by atoms with Crippen molar-refractivity contribution in [3.63, 3.8) is 0 Å². The van der Waals surface area contributed by atoms with Crippen LogP contribution >= 0.6 is 0 Å². The maximum absolute atomic E-state index is 3.30. The van der Waals surface area contributed by atoms with Crippen LogP contribution in [0.5, 0.6) is 0 Å². The average molecular weight is 246 g/mol. The molecule has 1 aliphatic rings. The summed E-state index contributed by atoms with van der Waals surface area (Å²) >= 11 is 0. The fourth-order valence-corrected chi connectivity index (χ4v) is 2.87. The van der Waals surface area contributed by atoms with E-state index in [9.17, 15) is 0 Å². The molecule has 0 aliphatic carbocycles. The standard InChI is InChI=1S/C16H26N2/c1-14-5-3-4-6-16(14)9-12-18-10-7-15(8-11-18)13-17-2/h3-6,15,17H,7-13H2,1-2H3. The fraction of sp³-hybridized carbons (Fsp3) is 0.625. The first-order valence-corrected chi connectivity index (χ1v) is 7.21. The third kappa shape index (κ3) is 3.82. The van der Waals surface area contributed by atoms with E-state index in [2.05, 4.69) is 48.5 Å². The lowest BCUT2D eigenvalue weighted by molar-refractivity contribution is 0.185. The molecule has 2 heteroatoms. The second-order valence-electron chi connectivity index (χ2n) is 5.52. The zero-order valence-corrected chi connectivity index (χ0v) is 11.8. The number of benzene rings is 1. The Morgan fingerprint density at radius 3 is 2.61 bits per heavy atom. The van der Waals surface area contributed by atoms with Crippen molar-refractivity contribution in [3.05, 3.63) is 35.4 Å². The SMILES string of the molecule is CNCC1CCN(CCc2ccccc2C)CC1. The highest BCUT2D eigenvalue weighted by Gasteiger charge is 2.18. The number of piperidine rings is 1. The van der Waals surface area contributed by atoms with Crippen molar-refractivity contribution in [2.75, 3.05) is 33.2 Å². The van der Waals surface area contributed by atoms with Crippen molar-refractivity contribution >= 4 is 0 Å². The molecule has 100 valence electrons. The van der Waals surface area contributed by atoms with Crippen LogP contribution in [0.15, 0.2) is 24.3 Å². The van der Waals surface area contributed by atoms with Gasteiger partial charge in [0.25, 0.3) is 0 Å². The van der Waals surface area contributed by atoms with Gasteiger partial charge in [-0.25, -0.2) is 0 Å². The van der Waals surface area contributed by atoms with Crippen molar-refractivity contribution < 1.29 is 0 Å². The van der Waals surface area contributed by atoms with Gasteiger partial charge in [0.1, 0.15) is 0 Å². The average Bonchev–Trinajstić information content (AvgIpc) is 2.40. The van der Waals surface area contributed by atoms with E-state index in [-0.39, 0.29) is 0 Å². The van der Waals surface area contributed by atoms with Crippen molar-refractivity contribution in [3.8, 4) is 0 Å². The molecule has 0 saturated carbocycles. The molecule has 0 spiro atoms. The van der Waals surface area contributed by atoms with Crippen LogP contribution in [0.1, 0.15) is 24.0 Å². The Labute approximate surface area is 111 Å². The third-order valence-electron chi connectivity index (χ3n) is 4.16. The molecule has 0 aromatic heterocycles. The van der Waals surface area contributed by atoms with Crippen molar-refractivity contribution in [1.82, 2.24) is 10.2 Å². The normalized spacial score (nSPS) is 18.1. The van der Waals surface area contributed by atoms with Crippen LogP contribution in [0.3, 0.4) is 0 Å². The topological polar surface area (TPSA) is 15.3 Å². The van der Waals surface area contributed by atoms with Gasteiger partial charge < -0.3 is 10.2 Å². The summed E-state index contributed by atoms with van der Waals surface area (Å²) in [5, 5.41) is 3.30. The summed E-state index contributed by atoms with van der Waals surface area (Å²) < 4.78 is 0. The van der Waals surface area contributed by atoms with Gasteiger partial charge in [0.2, 0.25) is 0 Å². The minimum atomic E-state index is 0.893. The minimum Gasteiger partial charge on any atom is -0.319 e. The Morgan fingerprint density at radius 1 is 1.22 bits per heavy atom. The Bertz CT molecular complexity index is 354. The summed E-state index contributed by atoms with van der Waals surface area (Å²) in [6, 6.07) is 8.77. The van der Waals surface area contributed by atoms with E-state index in [1.54, 1.807) is 0 Å². The number of nitrogens with one attached hydrogen (secondary N) is 1. The van der Waals surface area contributed by atoms with Crippen LogP contribution in [0.4, 0.5) is 0 Å². The molecule has 1 aromatic rings. The molecule has 1 fully saturated rings. The molecule has 2 nitrogen and oxygen atoms in total. The molecular formula is C16H26N2. The second-order valence-corrected chi connectivity index (χ2v) is 5.52. The van der Waals surface area contributed by atoms with E-state index < -0.39 is 0 Å². The summed E-state index contributed by atoms with van der Waals surface area (Å²) in [5.74, 6) is 0.893. The first kappa shape index (κ1) is 13.6. The number of likely N-dealkylation sites (tertiary alicyclic amines) is 1. The largest absolute Gasteiger partial charge is 0.319 e. The van der Waals surface area contributed by atoms with Crippen LogP contribution in [-0.4, -0.2) is 38.1 Å². The lowest BCUT2D eigenvalue weighted by Crippen LogP contribution is -2.37. The van der Waals surface area contributed by atoms with Crippen LogP contribution in [-0.2, 0) is 6.42 Å². The molecule has 0 radical (unpaired) electrons. The Hall–Kier alpha value is -0.860. The molecule has 1 N–H and O–H groups in total. The smallest absolute Gasteiger partial charge is 0.00219 e. The zero-order chi connectivity index (χ0) is 12.8. The highest BCUT2D eigenvalue weighted by atomic mass is 15.1. The number of hydrogen-bond donors (Lipinski definition) is 1. The van der Waals surface area contributed by atoms with E-state index in [1.807, 2.05) is 0 Å². The Balaban J connectivity index is 1.74. The monoisotopic (exact) mass is 246 g/mol. The van der Waals surface area contributed by atoms with E-state index >= 15 is 0 Å². The van der Waals surface area contributed by atoms with E-state index in [0.717, 1.165) is 5.92 Å². The van der Waals surface area contributed by atoms with Crippen LogP contribution in [0.25, 0.3) is 0 Å². The van der Waals surface area contributed by atoms with Gasteiger partial charge in [-0.1, -0.05) is 24.3 Å². The third-order valence-corrected chi connectivity index (χ3v) is 4.16. The summed E-state index contributed by atoms with van der Waals surface area (Å²) in [5.41, 5.74) is 2.94. The predicted octanol–water partition coefficient (Wildman–Crippen LogP) is 2.47. The molecule has 0 bridgehead atoms. The predicted molar refractivity (Wildman–Crippen MR) is 78.0 cm³/mol. The van der Waals surface area contributed by atoms with Gasteiger partial charge in [0, 0.05) is 6.54 Å². The fourth-order valence-electron chi connectivity index (χ4n) is 2.87. The second kappa shape index (κ2) is 6.91. The van der Waals surface area contributed by atoms with E-state index in [1.165, 1.54) is 56.6 Å². The quantitative estimate of drug-likeness (QED) is 0.858. The number of rotatable bonds is 5. The number of aryl methyl sites for hydroxylation is 1. The molecule has 1 aromatic carbocycles. The van der Waals surface area contributed by atoms with Crippen molar-refractivity contribution in [2.24, 2.45) is 5.92 Å². The van der Waals surface area contributed by atoms with Crippen LogP contribution in [0.2, 0.25) is 0 Å². The zero-order valence-electron chi connectivity index (χ0n) is 11.8. The maximum atomic E-state index is 3.30. The van der Waals surface area contributed by atoms with Crippen LogP contribution < -0.4 is 5.32 Å². The van der Waals surface area contributed by atoms with Gasteiger partial charge in [0.05, 0.1) is 0 Å². The number of hydrogen-bond acceptors (Lipinski definition) is 2. The molecule has 1 heterocycles. The van der Waals surface area contributed by atoms with Crippen LogP contribution in [0, 0.1) is 12.8 Å². The van der Waals surface area contributed by atoms with Gasteiger partial charge >= 0.3 is 0 Å². The van der Waals surface area contributed by atoms with Crippen molar-refractivity contribution in [1.29, 1.82) is 0 Å². The molecule has 1 aliphatic heterocycles. The molecule has 0 amide bonds. The first-order chi connectivity index (χ1) is 8.79. The summed E-state index contributed by atoms with van der Waals surface area (Å²) in [6.07, 6.45) is 3.91. The van der Waals surface area contributed by atoms with Gasteiger partial charge in [-0.05, 0) is 69.9 Å². The first-order valence-electron chi connectivity index (χ1n) is 7.21. The highest BCUT2D eigenvalue weighted by molar-refractivity contribution is 5.25. The van der Waals surface area contributed by atoms with Crippen molar-refractivity contribution in [2.45, 2.75) is 26.2 Å². The molecule has 0 atom stereocenters. The number of nitrogens with zero attached hydrogens (tertiary/aromatic N) is 1. The molecule has 18 heavy (non-hydrogen) atoms. The van der Waals surface area contributed by atoms with Gasteiger partial charge in [-0.15, -0.1) is 0 Å². The minimum absolute atomic E-state index is 0.893. The highest BCUT2D eigenvalue weighted by Crippen LogP contribution is 2.17. The summed E-state index contributed by atoms with van der Waals surface area (Å²) in [6.45, 7) is 7.17. The molecule has 1 saturated heterocycles. The van der Waals surface area contributed by atoms with Gasteiger partial charge in [-0.2, -0.15) is 0 Å². The Morgan fingerprint density at radius 2 is 1.94 bits per heavy atom. The van der Waals surface area contributed by atoms with Gasteiger partial charge in [-0.3, -0.25) is 0 Å². The Kier molecular flexibility index (Phi) is 5.21. The summed E-state index contributed by atoms with van der Waals surface area (Å²) in [4.78, 5) is 2.62. The summed E-state index contributed by atoms with van der Waals surface area (Å²) in [7, 11) is 2.06. The molecule has 0 unspecified atom stereocenters. The molecular weight excluding hydrogens is 220 g/mol. The van der Waals surface area contributed by atoms with E-state index in [0.29, 0.717) is 0 Å². The lowest BCUT2D eigenvalue weighted by atomic mass is 9.96. The van der Waals surface area contributed by atoms with Gasteiger partial charge in [0.15, 0.2) is 0 Å². The lowest BCUT2D eigenvalue weighted by Gasteiger charge is -2.32. The maximum Gasteiger partial charge on any atom is 0.00219 e. The van der Waals surface area contributed by atoms with E-state index in [4.69, 9.17) is 0 Å². The molecule has 2 rings (SSSR count).